The molecule has 6 nitrogen and oxygen atoms in total. The lowest BCUT2D eigenvalue weighted by atomic mass is 9.90. The molecule has 0 saturated heterocycles. The van der Waals surface area contributed by atoms with E-state index in [1.54, 1.807) is 7.05 Å². The number of fused-ring (bicyclic) bond motifs is 1. The number of guanidine groups is 1. The van der Waals surface area contributed by atoms with E-state index in [1.165, 1.54) is 11.1 Å². The number of rotatable bonds is 5. The minimum atomic E-state index is 0.0605. The maximum Gasteiger partial charge on any atom is 0.225 e. The van der Waals surface area contributed by atoms with Crippen molar-refractivity contribution in [3.63, 3.8) is 0 Å². The number of nitrogens with zero attached hydrogens (tertiary/aromatic N) is 2. The van der Waals surface area contributed by atoms with E-state index in [9.17, 15) is 4.79 Å². The first-order valence-electron chi connectivity index (χ1n) is 8.90. The molecule has 1 aliphatic heterocycles. The summed E-state index contributed by atoms with van der Waals surface area (Å²) in [5.74, 6) is 0.943. The van der Waals surface area contributed by atoms with Crippen LogP contribution < -0.4 is 16.0 Å². The minimum Gasteiger partial charge on any atom is -0.356 e. The first-order valence-corrected chi connectivity index (χ1v) is 8.90. The van der Waals surface area contributed by atoms with Crippen LogP contribution in [0.25, 0.3) is 0 Å². The third-order valence-electron chi connectivity index (χ3n) is 4.52. The van der Waals surface area contributed by atoms with Gasteiger partial charge in [-0.1, -0.05) is 24.3 Å². The Morgan fingerprint density at radius 2 is 2.12 bits per heavy atom. The van der Waals surface area contributed by atoms with Crippen molar-refractivity contribution in [2.75, 3.05) is 25.5 Å². The first-order chi connectivity index (χ1) is 12.7. The highest BCUT2D eigenvalue weighted by atomic mass is 16.1. The van der Waals surface area contributed by atoms with Crippen LogP contribution in [0.15, 0.2) is 47.6 Å². The van der Waals surface area contributed by atoms with Crippen LogP contribution in [-0.2, 0) is 11.2 Å². The quantitative estimate of drug-likeness (QED) is 0.570. The topological polar surface area (TPSA) is 78.4 Å². The van der Waals surface area contributed by atoms with Gasteiger partial charge in [-0.3, -0.25) is 14.8 Å². The maximum absolute atomic E-state index is 11.9. The number of hydrogen-bond donors (Lipinski definition) is 3. The predicted octanol–water partition coefficient (Wildman–Crippen LogP) is 2.22. The van der Waals surface area contributed by atoms with Crippen molar-refractivity contribution in [2.45, 2.75) is 25.7 Å². The third-order valence-corrected chi connectivity index (χ3v) is 4.52. The standard InChI is InChI=1S/C20H25N5O/c1-14-7-8-15(12-23-14)9-10-22-20(21-2)24-13-16-11-19(26)25-18-6-4-3-5-17(16)18/h3-8,12,16H,9-11,13H2,1-2H3,(H,25,26)(H2,21,22,24). The van der Waals surface area contributed by atoms with E-state index in [1.807, 2.05) is 37.4 Å². The number of nitrogens with one attached hydrogen (secondary N) is 3. The number of aryl methyl sites for hydroxylation is 1. The van der Waals surface area contributed by atoms with E-state index in [0.29, 0.717) is 13.0 Å². The largest absolute Gasteiger partial charge is 0.356 e. The molecule has 0 aliphatic carbocycles. The third kappa shape index (κ3) is 4.59. The second-order valence-electron chi connectivity index (χ2n) is 6.47. The highest BCUT2D eigenvalue weighted by Gasteiger charge is 2.24. The van der Waals surface area contributed by atoms with Gasteiger partial charge in [-0.15, -0.1) is 0 Å². The van der Waals surface area contributed by atoms with E-state index in [4.69, 9.17) is 0 Å². The summed E-state index contributed by atoms with van der Waals surface area (Å²) in [6, 6.07) is 12.1. The summed E-state index contributed by atoms with van der Waals surface area (Å²) in [4.78, 5) is 20.5. The zero-order chi connectivity index (χ0) is 18.4. The number of amides is 1. The van der Waals surface area contributed by atoms with Gasteiger partial charge in [0.2, 0.25) is 5.91 Å². The SMILES string of the molecule is CN=C(NCCc1ccc(C)nc1)NCC1CC(=O)Nc2ccccc21. The van der Waals surface area contributed by atoms with Crippen molar-refractivity contribution in [2.24, 2.45) is 4.99 Å². The minimum absolute atomic E-state index is 0.0605. The van der Waals surface area contributed by atoms with Crippen molar-refractivity contribution in [3.8, 4) is 0 Å². The Hall–Kier alpha value is -2.89. The number of carbonyl (C=O) groups excluding carboxylic acids is 1. The molecule has 1 aromatic heterocycles. The molecule has 0 bridgehead atoms. The van der Waals surface area contributed by atoms with Crippen LogP contribution >= 0.6 is 0 Å². The Labute approximate surface area is 154 Å². The summed E-state index contributed by atoms with van der Waals surface area (Å²) >= 11 is 0. The normalized spacial score (nSPS) is 16.6. The van der Waals surface area contributed by atoms with E-state index in [2.05, 4.69) is 38.1 Å². The molecule has 0 saturated carbocycles. The highest BCUT2D eigenvalue weighted by Crippen LogP contribution is 2.31. The number of benzene rings is 1. The maximum atomic E-state index is 11.9. The van der Waals surface area contributed by atoms with Gasteiger partial charge >= 0.3 is 0 Å². The molecule has 26 heavy (non-hydrogen) atoms. The predicted molar refractivity (Wildman–Crippen MR) is 104 cm³/mol. The van der Waals surface area contributed by atoms with Crippen LogP contribution in [0, 0.1) is 6.92 Å². The lowest BCUT2D eigenvalue weighted by Gasteiger charge is -2.26. The van der Waals surface area contributed by atoms with Gasteiger partial charge in [-0.2, -0.15) is 0 Å². The fraction of sp³-hybridized carbons (Fsp3) is 0.350. The van der Waals surface area contributed by atoms with Gasteiger partial charge in [-0.05, 0) is 36.6 Å². The molecule has 2 aromatic rings. The van der Waals surface area contributed by atoms with Crippen molar-refractivity contribution in [1.82, 2.24) is 15.6 Å². The van der Waals surface area contributed by atoms with Gasteiger partial charge in [0.25, 0.3) is 0 Å². The number of para-hydroxylation sites is 1. The lowest BCUT2D eigenvalue weighted by molar-refractivity contribution is -0.116. The zero-order valence-corrected chi connectivity index (χ0v) is 15.2. The monoisotopic (exact) mass is 351 g/mol. The molecular formula is C20H25N5O. The zero-order valence-electron chi connectivity index (χ0n) is 15.2. The van der Waals surface area contributed by atoms with Gasteiger partial charge in [0.15, 0.2) is 5.96 Å². The van der Waals surface area contributed by atoms with Gasteiger partial charge in [0, 0.05) is 50.1 Å². The van der Waals surface area contributed by atoms with Crippen molar-refractivity contribution in [1.29, 1.82) is 0 Å². The van der Waals surface area contributed by atoms with Crippen molar-refractivity contribution >= 4 is 17.6 Å². The molecule has 1 unspecified atom stereocenters. The summed E-state index contributed by atoms with van der Waals surface area (Å²) in [6.45, 7) is 3.42. The van der Waals surface area contributed by atoms with Gasteiger partial charge in [0.1, 0.15) is 0 Å². The van der Waals surface area contributed by atoms with E-state index >= 15 is 0 Å². The number of aromatic nitrogens is 1. The fourth-order valence-electron chi connectivity index (χ4n) is 3.10. The molecule has 1 aromatic carbocycles. The van der Waals surface area contributed by atoms with Crippen LogP contribution in [0.3, 0.4) is 0 Å². The van der Waals surface area contributed by atoms with Gasteiger partial charge < -0.3 is 16.0 Å². The van der Waals surface area contributed by atoms with Crippen LogP contribution in [0.4, 0.5) is 5.69 Å². The molecule has 1 amide bonds. The molecule has 0 radical (unpaired) electrons. The first kappa shape index (κ1) is 17.9. The summed E-state index contributed by atoms with van der Waals surface area (Å²) in [7, 11) is 1.75. The number of carbonyl (C=O) groups is 1. The van der Waals surface area contributed by atoms with Crippen LogP contribution in [0.1, 0.15) is 29.2 Å². The van der Waals surface area contributed by atoms with Crippen molar-refractivity contribution < 1.29 is 4.79 Å². The average Bonchev–Trinajstić information content (AvgIpc) is 2.65. The fourth-order valence-corrected chi connectivity index (χ4v) is 3.10. The lowest BCUT2D eigenvalue weighted by Crippen LogP contribution is -2.41. The summed E-state index contributed by atoms with van der Waals surface area (Å²) < 4.78 is 0. The van der Waals surface area contributed by atoms with Crippen LogP contribution in [0.2, 0.25) is 0 Å². The Morgan fingerprint density at radius 1 is 1.27 bits per heavy atom. The highest BCUT2D eigenvalue weighted by molar-refractivity contribution is 5.94. The number of hydrogen-bond acceptors (Lipinski definition) is 3. The Morgan fingerprint density at radius 3 is 2.88 bits per heavy atom. The second kappa shape index (κ2) is 8.47. The van der Waals surface area contributed by atoms with E-state index in [-0.39, 0.29) is 11.8 Å². The van der Waals surface area contributed by atoms with Crippen LogP contribution in [0.5, 0.6) is 0 Å². The Kier molecular flexibility index (Phi) is 5.84. The molecule has 1 atom stereocenters. The van der Waals surface area contributed by atoms with Crippen molar-refractivity contribution in [3.05, 3.63) is 59.4 Å². The molecule has 1 aliphatic rings. The summed E-state index contributed by atoms with van der Waals surface area (Å²) in [6.07, 6.45) is 3.27. The van der Waals surface area contributed by atoms with E-state index < -0.39 is 0 Å². The average molecular weight is 351 g/mol. The Bertz CT molecular complexity index is 785. The molecule has 2 heterocycles. The smallest absolute Gasteiger partial charge is 0.225 e. The van der Waals surface area contributed by atoms with Crippen LogP contribution in [-0.4, -0.2) is 37.0 Å². The molecule has 136 valence electrons. The number of pyridine rings is 1. The number of aliphatic imine (C=N–C) groups is 1. The van der Waals surface area contributed by atoms with E-state index in [0.717, 1.165) is 30.3 Å². The molecule has 6 heteroatoms. The Balaban J connectivity index is 1.51. The molecular weight excluding hydrogens is 326 g/mol. The molecule has 3 rings (SSSR count). The van der Waals surface area contributed by atoms with Gasteiger partial charge in [0.05, 0.1) is 0 Å². The molecule has 0 fully saturated rings. The summed E-state index contributed by atoms with van der Waals surface area (Å²) in [5, 5.41) is 9.59. The molecule has 3 N–H and O–H groups in total. The second-order valence-corrected chi connectivity index (χ2v) is 6.47. The number of anilines is 1. The molecule has 0 spiro atoms. The van der Waals surface area contributed by atoms with Gasteiger partial charge in [-0.25, -0.2) is 0 Å². The summed E-state index contributed by atoms with van der Waals surface area (Å²) in [5.41, 5.74) is 4.29.